The maximum absolute atomic E-state index is 12.3. The van der Waals surface area contributed by atoms with Crippen molar-refractivity contribution in [3.63, 3.8) is 0 Å². The maximum Gasteiger partial charge on any atom is 0.389 e. The fourth-order valence-electron chi connectivity index (χ4n) is 1.89. The number of halogens is 3. The predicted octanol–water partition coefficient (Wildman–Crippen LogP) is 3.08. The van der Waals surface area contributed by atoms with Gasteiger partial charge in [0.15, 0.2) is 9.84 Å². The van der Waals surface area contributed by atoms with E-state index in [-0.39, 0.29) is 11.3 Å². The fourth-order valence-corrected chi connectivity index (χ4v) is 2.52. The molecule has 0 aromatic heterocycles. The van der Waals surface area contributed by atoms with Crippen LogP contribution in [0.5, 0.6) is 0 Å². The first-order chi connectivity index (χ1) is 9.13. The Labute approximate surface area is 117 Å². The Morgan fingerprint density at radius 2 is 1.75 bits per heavy atom. The molecule has 0 heterocycles. The van der Waals surface area contributed by atoms with E-state index in [1.165, 1.54) is 12.1 Å². The second kappa shape index (κ2) is 6.58. The Balaban J connectivity index is 2.87. The van der Waals surface area contributed by atoms with E-state index in [9.17, 15) is 21.6 Å². The van der Waals surface area contributed by atoms with Gasteiger partial charge in [0.05, 0.1) is 4.90 Å². The molecule has 0 aliphatic carbocycles. The van der Waals surface area contributed by atoms with Crippen molar-refractivity contribution >= 4 is 9.84 Å². The summed E-state index contributed by atoms with van der Waals surface area (Å²) in [6.07, 6.45) is -4.05. The first kappa shape index (κ1) is 17.0. The lowest BCUT2D eigenvalue weighted by molar-refractivity contribution is -0.136. The van der Waals surface area contributed by atoms with Gasteiger partial charge in [-0.05, 0) is 30.7 Å². The van der Waals surface area contributed by atoms with E-state index in [1.807, 2.05) is 6.92 Å². The predicted molar refractivity (Wildman–Crippen MR) is 71.3 cm³/mol. The molecule has 0 spiro atoms. The number of rotatable bonds is 6. The maximum atomic E-state index is 12.3. The van der Waals surface area contributed by atoms with Crippen LogP contribution in [0.15, 0.2) is 29.2 Å². The summed E-state index contributed by atoms with van der Waals surface area (Å²) in [7, 11) is -3.29. The topological polar surface area (TPSA) is 46.2 Å². The number of benzene rings is 1. The average Bonchev–Trinajstić information content (AvgIpc) is 2.32. The van der Waals surface area contributed by atoms with Gasteiger partial charge in [0.25, 0.3) is 0 Å². The van der Waals surface area contributed by atoms with Gasteiger partial charge in [-0.2, -0.15) is 13.2 Å². The SMILES string of the molecule is CCNC(CCC(F)(F)F)c1ccc(S(C)(=O)=O)cc1. The minimum Gasteiger partial charge on any atom is -0.310 e. The van der Waals surface area contributed by atoms with Crippen molar-refractivity contribution in [2.75, 3.05) is 12.8 Å². The number of nitrogens with one attached hydrogen (secondary N) is 1. The first-order valence-electron chi connectivity index (χ1n) is 6.23. The third-order valence-corrected chi connectivity index (χ3v) is 4.01. The molecule has 0 amide bonds. The number of alkyl halides is 3. The van der Waals surface area contributed by atoms with Crippen molar-refractivity contribution in [2.45, 2.75) is 36.9 Å². The van der Waals surface area contributed by atoms with Crippen LogP contribution in [0.25, 0.3) is 0 Å². The minimum atomic E-state index is -4.19. The van der Waals surface area contributed by atoms with Crippen LogP contribution in [0.3, 0.4) is 0 Å². The molecule has 1 aromatic rings. The Bertz CT molecular complexity index is 524. The number of hydrogen-bond donors (Lipinski definition) is 1. The molecule has 0 saturated carbocycles. The van der Waals surface area contributed by atoms with E-state index in [1.54, 1.807) is 12.1 Å². The summed E-state index contributed by atoms with van der Waals surface area (Å²) >= 11 is 0. The van der Waals surface area contributed by atoms with E-state index in [0.717, 1.165) is 6.26 Å². The van der Waals surface area contributed by atoms with Crippen LogP contribution < -0.4 is 5.32 Å². The van der Waals surface area contributed by atoms with Gasteiger partial charge in [0.2, 0.25) is 0 Å². The molecule has 1 unspecified atom stereocenters. The summed E-state index contributed by atoms with van der Waals surface area (Å²) in [6.45, 7) is 2.35. The lowest BCUT2D eigenvalue weighted by atomic mass is 10.0. The summed E-state index contributed by atoms with van der Waals surface area (Å²) in [5, 5.41) is 2.98. The highest BCUT2D eigenvalue weighted by Crippen LogP contribution is 2.28. The van der Waals surface area contributed by atoms with Crippen LogP contribution >= 0.6 is 0 Å². The molecule has 0 saturated heterocycles. The third kappa shape index (κ3) is 5.50. The molecule has 1 atom stereocenters. The molecule has 0 fully saturated rings. The zero-order valence-electron chi connectivity index (χ0n) is 11.4. The molecule has 3 nitrogen and oxygen atoms in total. The molecule has 20 heavy (non-hydrogen) atoms. The van der Waals surface area contributed by atoms with Gasteiger partial charge in [-0.25, -0.2) is 8.42 Å². The normalized spacial score (nSPS) is 14.2. The van der Waals surface area contributed by atoms with Gasteiger partial charge in [0.1, 0.15) is 0 Å². The third-order valence-electron chi connectivity index (χ3n) is 2.88. The number of sulfone groups is 1. The standard InChI is InChI=1S/C13H18F3NO2S/c1-3-17-12(8-9-13(14,15)16)10-4-6-11(7-5-10)20(2,18)19/h4-7,12,17H,3,8-9H2,1-2H3. The van der Waals surface area contributed by atoms with Gasteiger partial charge in [-0.3, -0.25) is 0 Å². The van der Waals surface area contributed by atoms with Crippen LogP contribution in [-0.4, -0.2) is 27.4 Å². The molecular weight excluding hydrogens is 291 g/mol. The van der Waals surface area contributed by atoms with Gasteiger partial charge in [-0.1, -0.05) is 19.1 Å². The van der Waals surface area contributed by atoms with Crippen molar-refractivity contribution in [3.05, 3.63) is 29.8 Å². The van der Waals surface area contributed by atoms with Crippen LogP contribution in [0.2, 0.25) is 0 Å². The lowest BCUT2D eigenvalue weighted by Gasteiger charge is -2.19. The van der Waals surface area contributed by atoms with Crippen LogP contribution in [-0.2, 0) is 9.84 Å². The highest BCUT2D eigenvalue weighted by Gasteiger charge is 2.28. The van der Waals surface area contributed by atoms with E-state index < -0.39 is 28.5 Å². The molecule has 0 bridgehead atoms. The van der Waals surface area contributed by atoms with Gasteiger partial charge >= 0.3 is 6.18 Å². The van der Waals surface area contributed by atoms with E-state index in [4.69, 9.17) is 0 Å². The molecule has 1 N–H and O–H groups in total. The highest BCUT2D eigenvalue weighted by atomic mass is 32.2. The van der Waals surface area contributed by atoms with E-state index >= 15 is 0 Å². The lowest BCUT2D eigenvalue weighted by Crippen LogP contribution is -2.23. The quantitative estimate of drug-likeness (QED) is 0.878. The molecule has 114 valence electrons. The zero-order chi connectivity index (χ0) is 15.4. The monoisotopic (exact) mass is 309 g/mol. The molecule has 0 aliphatic rings. The zero-order valence-corrected chi connectivity index (χ0v) is 12.2. The summed E-state index contributed by atoms with van der Waals surface area (Å²) < 4.78 is 59.5. The summed E-state index contributed by atoms with van der Waals surface area (Å²) in [6, 6.07) is 5.51. The summed E-state index contributed by atoms with van der Waals surface area (Å²) in [5.74, 6) is 0. The first-order valence-corrected chi connectivity index (χ1v) is 8.13. The van der Waals surface area contributed by atoms with Crippen molar-refractivity contribution < 1.29 is 21.6 Å². The molecular formula is C13H18F3NO2S. The van der Waals surface area contributed by atoms with Crippen molar-refractivity contribution in [1.29, 1.82) is 0 Å². The van der Waals surface area contributed by atoms with E-state index in [0.29, 0.717) is 12.1 Å². The largest absolute Gasteiger partial charge is 0.389 e. The summed E-state index contributed by atoms with van der Waals surface area (Å²) in [4.78, 5) is 0.160. The van der Waals surface area contributed by atoms with Crippen molar-refractivity contribution in [2.24, 2.45) is 0 Å². The van der Waals surface area contributed by atoms with Gasteiger partial charge < -0.3 is 5.32 Å². The van der Waals surface area contributed by atoms with Crippen LogP contribution in [0.4, 0.5) is 13.2 Å². The second-order valence-corrected chi connectivity index (χ2v) is 6.62. The Hall–Kier alpha value is -1.08. The highest BCUT2D eigenvalue weighted by molar-refractivity contribution is 7.90. The Morgan fingerprint density at radius 1 is 1.20 bits per heavy atom. The average molecular weight is 309 g/mol. The molecule has 1 rings (SSSR count). The van der Waals surface area contributed by atoms with Crippen LogP contribution in [0.1, 0.15) is 31.4 Å². The molecule has 1 aromatic carbocycles. The Morgan fingerprint density at radius 3 is 2.15 bits per heavy atom. The molecule has 0 aliphatic heterocycles. The van der Waals surface area contributed by atoms with Crippen molar-refractivity contribution in [1.82, 2.24) is 5.32 Å². The van der Waals surface area contributed by atoms with Gasteiger partial charge in [0, 0.05) is 18.7 Å². The second-order valence-electron chi connectivity index (χ2n) is 4.61. The fraction of sp³-hybridized carbons (Fsp3) is 0.538. The molecule has 7 heteroatoms. The van der Waals surface area contributed by atoms with Gasteiger partial charge in [-0.15, -0.1) is 0 Å². The van der Waals surface area contributed by atoms with Crippen LogP contribution in [0, 0.1) is 0 Å². The summed E-state index contributed by atoms with van der Waals surface area (Å²) in [5.41, 5.74) is 0.656. The minimum absolute atomic E-state index is 0.0738. The molecule has 0 radical (unpaired) electrons. The smallest absolute Gasteiger partial charge is 0.310 e. The van der Waals surface area contributed by atoms with Crippen molar-refractivity contribution in [3.8, 4) is 0 Å². The number of hydrogen-bond acceptors (Lipinski definition) is 3. The Kier molecular flexibility index (Phi) is 5.59. The van der Waals surface area contributed by atoms with E-state index in [2.05, 4.69) is 5.32 Å².